The first-order valence-corrected chi connectivity index (χ1v) is 8.06. The summed E-state index contributed by atoms with van der Waals surface area (Å²) >= 11 is 0. The third-order valence-electron chi connectivity index (χ3n) is 3.16. The molecule has 0 aliphatic heterocycles. The molecule has 0 amide bonds. The van der Waals surface area contributed by atoms with Crippen LogP contribution in [0.5, 0.6) is 0 Å². The lowest BCUT2D eigenvalue weighted by Crippen LogP contribution is -2.26. The third kappa shape index (κ3) is 5.30. The fourth-order valence-electron chi connectivity index (χ4n) is 1.89. The lowest BCUT2D eigenvalue weighted by Gasteiger charge is -2.13. The number of aromatic amines is 1. The molecular formula is C12H21N3O4S. The summed E-state index contributed by atoms with van der Waals surface area (Å²) in [6.45, 7) is 3.94. The first-order valence-electron chi connectivity index (χ1n) is 6.58. The molecule has 0 bridgehead atoms. The fraction of sp³-hybridized carbons (Fsp3) is 0.667. The van der Waals surface area contributed by atoms with Gasteiger partial charge in [-0.15, -0.1) is 0 Å². The molecule has 0 spiro atoms. The number of aryl methyl sites for hydroxylation is 1. The highest BCUT2D eigenvalue weighted by atomic mass is 32.2. The zero-order valence-electron chi connectivity index (χ0n) is 11.7. The van der Waals surface area contributed by atoms with Crippen LogP contribution in [0.2, 0.25) is 0 Å². The average molecular weight is 303 g/mol. The number of rotatable bonds is 9. The molecule has 0 saturated carbocycles. The maximum Gasteiger partial charge on any atom is 0.303 e. The van der Waals surface area contributed by atoms with E-state index in [0.717, 1.165) is 6.42 Å². The van der Waals surface area contributed by atoms with E-state index in [1.54, 1.807) is 6.92 Å². The Morgan fingerprint density at radius 3 is 2.70 bits per heavy atom. The predicted molar refractivity (Wildman–Crippen MR) is 73.8 cm³/mol. The van der Waals surface area contributed by atoms with Gasteiger partial charge in [0.2, 0.25) is 0 Å². The lowest BCUT2D eigenvalue weighted by atomic mass is 9.97. The highest BCUT2D eigenvalue weighted by Crippen LogP contribution is 2.15. The topological polar surface area (TPSA) is 112 Å². The summed E-state index contributed by atoms with van der Waals surface area (Å²) in [5.74, 6) is -0.0764. The van der Waals surface area contributed by atoms with Gasteiger partial charge in [-0.1, -0.05) is 13.3 Å². The van der Waals surface area contributed by atoms with Crippen LogP contribution in [0.25, 0.3) is 0 Å². The Morgan fingerprint density at radius 2 is 2.20 bits per heavy atom. The molecule has 1 heterocycles. The average Bonchev–Trinajstić information content (AvgIpc) is 2.80. The lowest BCUT2D eigenvalue weighted by molar-refractivity contribution is -0.137. The highest BCUT2D eigenvalue weighted by molar-refractivity contribution is 7.89. The molecule has 0 saturated heterocycles. The summed E-state index contributed by atoms with van der Waals surface area (Å²) in [7, 11) is -3.56. The van der Waals surface area contributed by atoms with Gasteiger partial charge in [0.05, 0.1) is 6.20 Å². The number of hydrogen-bond acceptors (Lipinski definition) is 4. The number of carboxylic acids is 1. The van der Waals surface area contributed by atoms with E-state index in [0.29, 0.717) is 25.2 Å². The van der Waals surface area contributed by atoms with Crippen LogP contribution in [0.3, 0.4) is 0 Å². The zero-order chi connectivity index (χ0) is 15.2. The van der Waals surface area contributed by atoms with Crippen LogP contribution in [0.1, 0.15) is 38.4 Å². The molecule has 1 rings (SSSR count). The van der Waals surface area contributed by atoms with Gasteiger partial charge in [0.25, 0.3) is 10.0 Å². The van der Waals surface area contributed by atoms with Crippen LogP contribution >= 0.6 is 0 Å². The van der Waals surface area contributed by atoms with Crippen molar-refractivity contribution in [3.05, 3.63) is 12.0 Å². The number of nitrogens with zero attached hydrogens (tertiary/aromatic N) is 1. The smallest absolute Gasteiger partial charge is 0.303 e. The zero-order valence-corrected chi connectivity index (χ0v) is 12.5. The summed E-state index contributed by atoms with van der Waals surface area (Å²) in [6, 6.07) is 0. The fourth-order valence-corrected chi connectivity index (χ4v) is 2.91. The van der Waals surface area contributed by atoms with Gasteiger partial charge in [0.15, 0.2) is 5.03 Å². The number of imidazole rings is 1. The molecule has 1 aromatic heterocycles. The third-order valence-corrected chi connectivity index (χ3v) is 4.53. The minimum Gasteiger partial charge on any atom is -0.481 e. The van der Waals surface area contributed by atoms with Crippen molar-refractivity contribution in [2.45, 2.75) is 44.6 Å². The quantitative estimate of drug-likeness (QED) is 0.636. The second-order valence-corrected chi connectivity index (χ2v) is 6.46. The van der Waals surface area contributed by atoms with Gasteiger partial charge in [-0.2, -0.15) is 0 Å². The first-order chi connectivity index (χ1) is 9.35. The van der Waals surface area contributed by atoms with Gasteiger partial charge in [-0.3, -0.25) is 4.79 Å². The Hall–Kier alpha value is -1.41. The van der Waals surface area contributed by atoms with Crippen molar-refractivity contribution in [2.24, 2.45) is 5.92 Å². The van der Waals surface area contributed by atoms with Crippen LogP contribution in [0.4, 0.5) is 0 Å². The molecule has 1 unspecified atom stereocenters. The number of H-pyrrole nitrogens is 1. The maximum atomic E-state index is 11.9. The van der Waals surface area contributed by atoms with Crippen molar-refractivity contribution in [1.82, 2.24) is 14.7 Å². The first kappa shape index (κ1) is 16.6. The second-order valence-electron chi connectivity index (χ2n) is 4.73. The van der Waals surface area contributed by atoms with E-state index < -0.39 is 16.0 Å². The summed E-state index contributed by atoms with van der Waals surface area (Å²) in [5.41, 5.74) is 0. The standard InChI is InChI=1S/C12H21N3O4S/c1-3-10(4-5-12(16)17)6-7-14-20(18,19)11-8-13-9(2)15-11/h8,10,14H,3-7H2,1-2H3,(H,13,15)(H,16,17). The molecule has 1 atom stereocenters. The summed E-state index contributed by atoms with van der Waals surface area (Å²) in [5, 5.41) is 8.69. The van der Waals surface area contributed by atoms with Crippen molar-refractivity contribution in [3.63, 3.8) is 0 Å². The molecule has 0 aliphatic rings. The minimum absolute atomic E-state index is 0.0496. The number of carbonyl (C=O) groups is 1. The molecule has 20 heavy (non-hydrogen) atoms. The van der Waals surface area contributed by atoms with Crippen molar-refractivity contribution in [3.8, 4) is 0 Å². The van der Waals surface area contributed by atoms with Crippen LogP contribution < -0.4 is 4.72 Å². The van der Waals surface area contributed by atoms with Gasteiger partial charge in [-0.25, -0.2) is 18.1 Å². The number of hydrogen-bond donors (Lipinski definition) is 3. The Balaban J connectivity index is 2.44. The summed E-state index contributed by atoms with van der Waals surface area (Å²) in [4.78, 5) is 17.0. The Bertz CT molecular complexity index is 539. The minimum atomic E-state index is -3.56. The SMILES string of the molecule is CCC(CCNS(=O)(=O)c1cnc(C)[nH]1)CCC(=O)O. The van der Waals surface area contributed by atoms with Gasteiger partial charge in [-0.05, 0) is 25.7 Å². The van der Waals surface area contributed by atoms with E-state index in [1.165, 1.54) is 6.20 Å². The van der Waals surface area contributed by atoms with Crippen LogP contribution in [0, 0.1) is 12.8 Å². The van der Waals surface area contributed by atoms with Crippen molar-refractivity contribution in [1.29, 1.82) is 0 Å². The molecule has 7 nitrogen and oxygen atoms in total. The Labute approximate surface area is 118 Å². The van der Waals surface area contributed by atoms with E-state index in [2.05, 4.69) is 14.7 Å². The van der Waals surface area contributed by atoms with Crippen molar-refractivity contribution < 1.29 is 18.3 Å². The van der Waals surface area contributed by atoms with E-state index in [-0.39, 0.29) is 17.4 Å². The van der Waals surface area contributed by atoms with Crippen molar-refractivity contribution >= 4 is 16.0 Å². The van der Waals surface area contributed by atoms with E-state index >= 15 is 0 Å². The summed E-state index contributed by atoms with van der Waals surface area (Å²) in [6.07, 6.45) is 3.41. The molecule has 114 valence electrons. The molecule has 0 aliphatic carbocycles. The van der Waals surface area contributed by atoms with Crippen LogP contribution in [-0.2, 0) is 14.8 Å². The molecule has 8 heteroatoms. The molecule has 0 aromatic carbocycles. The van der Waals surface area contributed by atoms with E-state index in [1.807, 2.05) is 6.92 Å². The normalized spacial score (nSPS) is 13.3. The molecule has 0 fully saturated rings. The Kier molecular flexibility index (Phi) is 6.15. The highest BCUT2D eigenvalue weighted by Gasteiger charge is 2.17. The summed E-state index contributed by atoms with van der Waals surface area (Å²) < 4.78 is 26.3. The second kappa shape index (κ2) is 7.39. The number of carboxylic acid groups (broad SMARTS) is 1. The monoisotopic (exact) mass is 303 g/mol. The number of nitrogens with one attached hydrogen (secondary N) is 2. The maximum absolute atomic E-state index is 11.9. The van der Waals surface area contributed by atoms with Gasteiger partial charge in [0.1, 0.15) is 5.82 Å². The van der Waals surface area contributed by atoms with E-state index in [9.17, 15) is 13.2 Å². The number of aromatic nitrogens is 2. The van der Waals surface area contributed by atoms with Crippen LogP contribution in [-0.4, -0.2) is 36.0 Å². The van der Waals surface area contributed by atoms with Gasteiger partial charge in [0, 0.05) is 13.0 Å². The molecule has 3 N–H and O–H groups in total. The van der Waals surface area contributed by atoms with E-state index in [4.69, 9.17) is 5.11 Å². The Morgan fingerprint density at radius 1 is 1.50 bits per heavy atom. The van der Waals surface area contributed by atoms with Gasteiger partial charge >= 0.3 is 5.97 Å². The number of sulfonamides is 1. The molecular weight excluding hydrogens is 282 g/mol. The van der Waals surface area contributed by atoms with Crippen LogP contribution in [0.15, 0.2) is 11.2 Å². The largest absolute Gasteiger partial charge is 0.481 e. The molecule has 0 radical (unpaired) electrons. The number of aliphatic carboxylic acids is 1. The molecule has 1 aromatic rings. The predicted octanol–water partition coefficient (Wildman–Crippen LogP) is 1.28. The van der Waals surface area contributed by atoms with Gasteiger partial charge < -0.3 is 10.1 Å². The van der Waals surface area contributed by atoms with Crippen molar-refractivity contribution in [2.75, 3.05) is 6.54 Å².